The van der Waals surface area contributed by atoms with Crippen molar-refractivity contribution in [3.8, 4) is 0 Å². The van der Waals surface area contributed by atoms with Crippen LogP contribution in [0.4, 0.5) is 0 Å². The van der Waals surface area contributed by atoms with E-state index in [1.807, 2.05) is 10.2 Å². The Labute approximate surface area is 75.2 Å². The molecule has 0 N–H and O–H groups in total. The number of carbonyl (C=O) groups is 1. The summed E-state index contributed by atoms with van der Waals surface area (Å²) in [5.41, 5.74) is 0. The van der Waals surface area contributed by atoms with Crippen LogP contribution in [0, 0.1) is 0 Å². The second-order valence-electron chi connectivity index (χ2n) is 2.02. The molecule has 0 saturated carbocycles. The Bertz CT molecular complexity index is 106. The normalized spacial score (nSPS) is 10.0. The topological polar surface area (TPSA) is 29.5 Å². The molecule has 0 aliphatic heterocycles. The summed E-state index contributed by atoms with van der Waals surface area (Å²) in [6.45, 7) is 2.91. The summed E-state index contributed by atoms with van der Waals surface area (Å²) in [5, 5.41) is 0. The molecule has 0 aromatic heterocycles. The Morgan fingerprint density at radius 1 is 1.70 bits per heavy atom. The maximum absolute atomic E-state index is 10.3. The molecule has 0 aliphatic rings. The van der Waals surface area contributed by atoms with Crippen molar-refractivity contribution >= 4 is 28.8 Å². The Morgan fingerprint density at radius 2 is 2.30 bits per heavy atom. The molecule has 0 aromatic rings. The van der Waals surface area contributed by atoms with Gasteiger partial charge in [-0.3, -0.25) is 7.91 Å². The molecule has 0 unspecified atom stereocenters. The third kappa shape index (κ3) is 8.16. The second kappa shape index (κ2) is 5.91. The minimum Gasteiger partial charge on any atom is -0.466 e. The summed E-state index contributed by atoms with van der Waals surface area (Å²) in [4.78, 5) is 10.3. The quantitative estimate of drug-likeness (QED) is 0.328. The molecule has 0 rings (SSSR count). The SMILES string of the molecule is CC(=O)OCCCN(C)I. The van der Waals surface area contributed by atoms with Crippen molar-refractivity contribution in [1.29, 1.82) is 0 Å². The fraction of sp³-hybridized carbons (Fsp3) is 0.833. The van der Waals surface area contributed by atoms with E-state index < -0.39 is 0 Å². The first-order valence-electron chi connectivity index (χ1n) is 3.13. The van der Waals surface area contributed by atoms with E-state index in [1.165, 1.54) is 6.92 Å². The summed E-state index contributed by atoms with van der Waals surface area (Å²) in [5.74, 6) is -0.198. The van der Waals surface area contributed by atoms with Gasteiger partial charge in [-0.25, -0.2) is 0 Å². The van der Waals surface area contributed by atoms with Gasteiger partial charge in [0.05, 0.1) is 6.61 Å². The largest absolute Gasteiger partial charge is 0.466 e. The molecule has 0 aromatic carbocycles. The van der Waals surface area contributed by atoms with E-state index in [4.69, 9.17) is 4.74 Å². The van der Waals surface area contributed by atoms with Crippen LogP contribution in [0.15, 0.2) is 0 Å². The zero-order chi connectivity index (χ0) is 7.98. The molecular formula is C6H12INO2. The van der Waals surface area contributed by atoms with Crippen molar-refractivity contribution in [2.24, 2.45) is 0 Å². The molecule has 0 bridgehead atoms. The minimum atomic E-state index is -0.198. The van der Waals surface area contributed by atoms with E-state index in [9.17, 15) is 4.79 Å². The molecule has 4 heteroatoms. The maximum atomic E-state index is 10.3. The zero-order valence-corrected chi connectivity index (χ0v) is 8.42. The van der Waals surface area contributed by atoms with Crippen LogP contribution in [0.1, 0.15) is 13.3 Å². The van der Waals surface area contributed by atoms with Gasteiger partial charge in [-0.05, 0) is 13.5 Å². The highest BCUT2D eigenvalue weighted by atomic mass is 127. The number of carbonyl (C=O) groups excluding carboxylic acids is 1. The third-order valence-electron chi connectivity index (χ3n) is 0.916. The van der Waals surface area contributed by atoms with Crippen LogP contribution in [-0.2, 0) is 9.53 Å². The van der Waals surface area contributed by atoms with Crippen molar-refractivity contribution in [2.75, 3.05) is 20.2 Å². The molecule has 60 valence electrons. The highest BCUT2D eigenvalue weighted by Crippen LogP contribution is 1.94. The van der Waals surface area contributed by atoms with Gasteiger partial charge in [0.15, 0.2) is 0 Å². The first kappa shape index (κ1) is 10.2. The maximum Gasteiger partial charge on any atom is 0.302 e. The average Bonchev–Trinajstić information content (AvgIpc) is 1.79. The van der Waals surface area contributed by atoms with Crippen LogP contribution < -0.4 is 0 Å². The van der Waals surface area contributed by atoms with Crippen molar-refractivity contribution in [2.45, 2.75) is 13.3 Å². The zero-order valence-electron chi connectivity index (χ0n) is 6.26. The Morgan fingerprint density at radius 3 is 2.70 bits per heavy atom. The van der Waals surface area contributed by atoms with Crippen LogP contribution in [0.3, 0.4) is 0 Å². The lowest BCUT2D eigenvalue weighted by Crippen LogP contribution is -2.10. The van der Waals surface area contributed by atoms with Crippen molar-refractivity contribution in [1.82, 2.24) is 3.11 Å². The van der Waals surface area contributed by atoms with E-state index in [2.05, 4.69) is 22.9 Å². The van der Waals surface area contributed by atoms with Crippen LogP contribution in [0.25, 0.3) is 0 Å². The number of esters is 1. The molecule has 10 heavy (non-hydrogen) atoms. The lowest BCUT2D eigenvalue weighted by molar-refractivity contribution is -0.141. The van der Waals surface area contributed by atoms with E-state index >= 15 is 0 Å². The molecule has 0 amide bonds. The first-order chi connectivity index (χ1) is 4.63. The highest BCUT2D eigenvalue weighted by molar-refractivity contribution is 14.1. The fourth-order valence-electron chi connectivity index (χ4n) is 0.498. The van der Waals surface area contributed by atoms with Gasteiger partial charge in [0.2, 0.25) is 0 Å². The van der Waals surface area contributed by atoms with Gasteiger partial charge >= 0.3 is 5.97 Å². The van der Waals surface area contributed by atoms with E-state index in [1.54, 1.807) is 0 Å². The van der Waals surface area contributed by atoms with Gasteiger partial charge in [0, 0.05) is 36.3 Å². The second-order valence-corrected chi connectivity index (χ2v) is 3.67. The molecule has 0 aliphatic carbocycles. The molecule has 0 fully saturated rings. The fourth-order valence-corrected chi connectivity index (χ4v) is 0.839. The smallest absolute Gasteiger partial charge is 0.302 e. The van der Waals surface area contributed by atoms with E-state index in [-0.39, 0.29) is 5.97 Å². The van der Waals surface area contributed by atoms with Crippen molar-refractivity contribution < 1.29 is 9.53 Å². The summed E-state index contributed by atoms with van der Waals surface area (Å²) in [6.07, 6.45) is 0.902. The van der Waals surface area contributed by atoms with E-state index in [0.29, 0.717) is 6.61 Å². The molecule has 3 nitrogen and oxygen atoms in total. The standard InChI is InChI=1S/C6H12INO2/c1-6(9)10-5-3-4-8(2)7/h3-5H2,1-2H3. The number of rotatable bonds is 4. The molecule has 0 heterocycles. The number of halogens is 1. The first-order valence-corrected chi connectivity index (χ1v) is 4.09. The van der Waals surface area contributed by atoms with Gasteiger partial charge in [-0.2, -0.15) is 0 Å². The van der Waals surface area contributed by atoms with Gasteiger partial charge < -0.3 is 4.74 Å². The molecule has 0 atom stereocenters. The van der Waals surface area contributed by atoms with Gasteiger partial charge in [-0.15, -0.1) is 0 Å². The number of hydrogen-bond acceptors (Lipinski definition) is 3. The Kier molecular flexibility index (Phi) is 6.00. The summed E-state index contributed by atoms with van der Waals surface area (Å²) in [7, 11) is 1.98. The molecule has 0 saturated heterocycles. The number of nitrogens with zero attached hydrogens (tertiary/aromatic N) is 1. The van der Waals surface area contributed by atoms with Crippen LogP contribution in [0.5, 0.6) is 0 Å². The lowest BCUT2D eigenvalue weighted by atomic mass is 10.4. The van der Waals surface area contributed by atoms with Gasteiger partial charge in [-0.1, -0.05) is 0 Å². The summed E-state index contributed by atoms with van der Waals surface area (Å²) in [6, 6.07) is 0. The predicted octanol–water partition coefficient (Wildman–Crippen LogP) is 1.22. The molecule has 0 spiro atoms. The highest BCUT2D eigenvalue weighted by Gasteiger charge is 1.93. The lowest BCUT2D eigenvalue weighted by Gasteiger charge is -2.05. The van der Waals surface area contributed by atoms with Crippen LogP contribution in [0.2, 0.25) is 0 Å². The number of ether oxygens (including phenoxy) is 1. The van der Waals surface area contributed by atoms with Gasteiger partial charge in [0.25, 0.3) is 0 Å². The van der Waals surface area contributed by atoms with Crippen LogP contribution >= 0.6 is 22.9 Å². The van der Waals surface area contributed by atoms with Crippen molar-refractivity contribution in [3.05, 3.63) is 0 Å². The van der Waals surface area contributed by atoms with E-state index in [0.717, 1.165) is 13.0 Å². The predicted molar refractivity (Wildman–Crippen MR) is 47.9 cm³/mol. The third-order valence-corrected chi connectivity index (χ3v) is 1.40. The molecule has 0 radical (unpaired) electrons. The Hall–Kier alpha value is 0.160. The summed E-state index contributed by atoms with van der Waals surface area (Å²) < 4.78 is 6.75. The van der Waals surface area contributed by atoms with Gasteiger partial charge in [0.1, 0.15) is 0 Å². The Balaban J connectivity index is 2.98. The molecular weight excluding hydrogens is 245 g/mol. The average molecular weight is 257 g/mol. The summed E-state index contributed by atoms with van der Waals surface area (Å²) >= 11 is 2.19. The van der Waals surface area contributed by atoms with Crippen molar-refractivity contribution in [3.63, 3.8) is 0 Å². The van der Waals surface area contributed by atoms with Crippen LogP contribution in [-0.4, -0.2) is 29.3 Å². The number of hydrogen-bond donors (Lipinski definition) is 0. The monoisotopic (exact) mass is 257 g/mol. The minimum absolute atomic E-state index is 0.198.